The molecule has 3 aromatic rings. The van der Waals surface area contributed by atoms with Crippen molar-refractivity contribution in [2.24, 2.45) is 0 Å². The van der Waals surface area contributed by atoms with Crippen molar-refractivity contribution in [3.8, 4) is 5.75 Å². The Labute approximate surface area is 184 Å². The predicted octanol–water partition coefficient (Wildman–Crippen LogP) is 4.57. The number of benzene rings is 3. The average Bonchev–Trinajstić information content (AvgIpc) is 2.82. The van der Waals surface area contributed by atoms with Gasteiger partial charge in [0.2, 0.25) is 5.91 Å². The SMILES string of the molecule is CNC(=O)c1ccc(/C=C\C(=O)N[C@H](c2ccccc2)c2ccc(OC(F)F)cc2)cc1. The normalized spacial score (nSPS) is 11.9. The summed E-state index contributed by atoms with van der Waals surface area (Å²) in [5.74, 6) is -0.474. The van der Waals surface area contributed by atoms with Crippen LogP contribution >= 0.6 is 0 Å². The molecule has 0 aliphatic rings. The van der Waals surface area contributed by atoms with Crippen molar-refractivity contribution >= 4 is 17.9 Å². The zero-order valence-corrected chi connectivity index (χ0v) is 17.3. The van der Waals surface area contributed by atoms with Gasteiger partial charge in [-0.1, -0.05) is 54.6 Å². The molecule has 0 spiro atoms. The van der Waals surface area contributed by atoms with Gasteiger partial charge in [-0.2, -0.15) is 8.78 Å². The first-order valence-electron chi connectivity index (χ1n) is 9.86. The first kappa shape index (κ1) is 22.7. The van der Waals surface area contributed by atoms with E-state index in [0.717, 1.165) is 16.7 Å². The van der Waals surface area contributed by atoms with Crippen molar-refractivity contribution in [2.45, 2.75) is 12.7 Å². The van der Waals surface area contributed by atoms with Crippen molar-refractivity contribution in [3.05, 3.63) is 107 Å². The smallest absolute Gasteiger partial charge is 0.387 e. The monoisotopic (exact) mass is 436 g/mol. The van der Waals surface area contributed by atoms with Crippen LogP contribution in [0.5, 0.6) is 5.75 Å². The summed E-state index contributed by atoms with van der Waals surface area (Å²) in [6, 6.07) is 21.8. The summed E-state index contributed by atoms with van der Waals surface area (Å²) < 4.78 is 29.2. The molecule has 1 atom stereocenters. The molecule has 0 saturated carbocycles. The fraction of sp³-hybridized carbons (Fsp3) is 0.120. The van der Waals surface area contributed by atoms with E-state index in [-0.39, 0.29) is 17.6 Å². The number of amides is 2. The van der Waals surface area contributed by atoms with Crippen LogP contribution in [0.2, 0.25) is 0 Å². The summed E-state index contributed by atoms with van der Waals surface area (Å²) in [5.41, 5.74) is 2.84. The van der Waals surface area contributed by atoms with E-state index in [0.29, 0.717) is 5.56 Å². The van der Waals surface area contributed by atoms with Crippen LogP contribution in [0.3, 0.4) is 0 Å². The highest BCUT2D eigenvalue weighted by molar-refractivity contribution is 5.95. The summed E-state index contributed by atoms with van der Waals surface area (Å²) in [5, 5.41) is 5.49. The molecule has 164 valence electrons. The van der Waals surface area contributed by atoms with Crippen molar-refractivity contribution in [2.75, 3.05) is 7.05 Å². The van der Waals surface area contributed by atoms with Gasteiger partial charge in [-0.05, 0) is 47.0 Å². The van der Waals surface area contributed by atoms with Crippen LogP contribution in [0.1, 0.15) is 33.1 Å². The quantitative estimate of drug-likeness (QED) is 0.509. The summed E-state index contributed by atoms with van der Waals surface area (Å²) in [4.78, 5) is 24.2. The van der Waals surface area contributed by atoms with Crippen LogP contribution in [-0.2, 0) is 4.79 Å². The van der Waals surface area contributed by atoms with E-state index in [9.17, 15) is 18.4 Å². The highest BCUT2D eigenvalue weighted by Crippen LogP contribution is 2.25. The van der Waals surface area contributed by atoms with Gasteiger partial charge in [0.25, 0.3) is 5.91 Å². The maximum Gasteiger partial charge on any atom is 0.387 e. The molecule has 7 heteroatoms. The first-order valence-corrected chi connectivity index (χ1v) is 9.86. The Morgan fingerprint density at radius 2 is 1.50 bits per heavy atom. The van der Waals surface area contributed by atoms with Crippen molar-refractivity contribution < 1.29 is 23.1 Å². The molecule has 0 bridgehead atoms. The minimum absolute atomic E-state index is 0.0435. The average molecular weight is 436 g/mol. The van der Waals surface area contributed by atoms with E-state index < -0.39 is 12.7 Å². The molecule has 0 aliphatic carbocycles. The number of carbonyl (C=O) groups excluding carboxylic acids is 2. The van der Waals surface area contributed by atoms with Gasteiger partial charge in [0.05, 0.1) is 6.04 Å². The number of hydrogen-bond acceptors (Lipinski definition) is 3. The Morgan fingerprint density at radius 3 is 2.09 bits per heavy atom. The molecule has 0 fully saturated rings. The van der Waals surface area contributed by atoms with Gasteiger partial charge in [-0.15, -0.1) is 0 Å². The lowest BCUT2D eigenvalue weighted by Crippen LogP contribution is -2.27. The van der Waals surface area contributed by atoms with E-state index >= 15 is 0 Å². The van der Waals surface area contributed by atoms with Crippen molar-refractivity contribution in [1.82, 2.24) is 10.6 Å². The summed E-state index contributed by atoms with van der Waals surface area (Å²) in [7, 11) is 1.56. The van der Waals surface area contributed by atoms with Crippen LogP contribution in [0.15, 0.2) is 84.9 Å². The fourth-order valence-corrected chi connectivity index (χ4v) is 3.10. The van der Waals surface area contributed by atoms with E-state index in [1.54, 1.807) is 49.5 Å². The largest absolute Gasteiger partial charge is 0.435 e. The fourth-order valence-electron chi connectivity index (χ4n) is 3.10. The maximum atomic E-state index is 12.6. The Kier molecular flexibility index (Phi) is 7.70. The topological polar surface area (TPSA) is 67.4 Å². The van der Waals surface area contributed by atoms with Crippen LogP contribution in [0.25, 0.3) is 6.08 Å². The molecule has 0 saturated heterocycles. The molecule has 0 unspecified atom stereocenters. The van der Waals surface area contributed by atoms with Gasteiger partial charge in [-0.3, -0.25) is 9.59 Å². The molecule has 32 heavy (non-hydrogen) atoms. The molecule has 0 aromatic heterocycles. The standard InChI is InChI=1S/C25H22F2N2O3/c1-28-24(31)20-10-7-17(8-11-20)9-16-22(30)29-23(18-5-3-2-4-6-18)19-12-14-21(15-13-19)32-25(26)27/h2-16,23,25H,1H3,(H,28,31)(H,29,30)/b16-9-/t23-/m1/s1. The number of halogens is 2. The molecule has 0 aliphatic heterocycles. The Bertz CT molecular complexity index is 1070. The van der Waals surface area contributed by atoms with Crippen LogP contribution in [0, 0.1) is 0 Å². The number of hydrogen-bond donors (Lipinski definition) is 2. The number of nitrogens with one attached hydrogen (secondary N) is 2. The van der Waals surface area contributed by atoms with Gasteiger partial charge in [-0.25, -0.2) is 0 Å². The molecular weight excluding hydrogens is 414 g/mol. The second kappa shape index (κ2) is 10.9. The molecule has 2 N–H and O–H groups in total. The third kappa shape index (κ3) is 6.25. The molecule has 0 heterocycles. The maximum absolute atomic E-state index is 12.6. The van der Waals surface area contributed by atoms with E-state index in [4.69, 9.17) is 0 Å². The third-order valence-corrected chi connectivity index (χ3v) is 4.69. The van der Waals surface area contributed by atoms with E-state index in [2.05, 4.69) is 15.4 Å². The lowest BCUT2D eigenvalue weighted by atomic mass is 9.98. The lowest BCUT2D eigenvalue weighted by Gasteiger charge is -2.19. The predicted molar refractivity (Wildman–Crippen MR) is 118 cm³/mol. The second-order valence-corrected chi connectivity index (χ2v) is 6.83. The van der Waals surface area contributed by atoms with Crippen LogP contribution in [0.4, 0.5) is 8.78 Å². The molecule has 5 nitrogen and oxygen atoms in total. The molecule has 3 rings (SSSR count). The number of ether oxygens (including phenoxy) is 1. The first-order chi connectivity index (χ1) is 15.5. The van der Waals surface area contributed by atoms with E-state index in [1.807, 2.05) is 30.3 Å². The molecular formula is C25H22F2N2O3. The zero-order chi connectivity index (χ0) is 22.9. The van der Waals surface area contributed by atoms with Gasteiger partial charge in [0.1, 0.15) is 5.75 Å². The Morgan fingerprint density at radius 1 is 0.875 bits per heavy atom. The third-order valence-electron chi connectivity index (χ3n) is 4.69. The second-order valence-electron chi connectivity index (χ2n) is 6.83. The summed E-state index contributed by atoms with van der Waals surface area (Å²) in [6.07, 6.45) is 3.05. The molecule has 2 amide bonds. The van der Waals surface area contributed by atoms with Gasteiger partial charge in [0.15, 0.2) is 0 Å². The Hall–Kier alpha value is -4.00. The number of carbonyl (C=O) groups is 2. The summed E-state index contributed by atoms with van der Waals surface area (Å²) >= 11 is 0. The molecule has 3 aromatic carbocycles. The highest BCUT2D eigenvalue weighted by atomic mass is 19.3. The van der Waals surface area contributed by atoms with Crippen molar-refractivity contribution in [3.63, 3.8) is 0 Å². The lowest BCUT2D eigenvalue weighted by molar-refractivity contribution is -0.116. The van der Waals surface area contributed by atoms with E-state index in [1.165, 1.54) is 18.2 Å². The zero-order valence-electron chi connectivity index (χ0n) is 17.3. The number of alkyl halides is 2. The minimum atomic E-state index is -2.90. The van der Waals surface area contributed by atoms with Crippen molar-refractivity contribution in [1.29, 1.82) is 0 Å². The Balaban J connectivity index is 1.75. The number of rotatable bonds is 8. The van der Waals surface area contributed by atoms with Gasteiger partial charge < -0.3 is 15.4 Å². The summed E-state index contributed by atoms with van der Waals surface area (Å²) in [6.45, 7) is -2.90. The van der Waals surface area contributed by atoms with Crippen LogP contribution in [-0.4, -0.2) is 25.5 Å². The minimum Gasteiger partial charge on any atom is -0.435 e. The van der Waals surface area contributed by atoms with Gasteiger partial charge in [0, 0.05) is 18.7 Å². The van der Waals surface area contributed by atoms with Gasteiger partial charge >= 0.3 is 6.61 Å². The highest BCUT2D eigenvalue weighted by Gasteiger charge is 2.16. The molecule has 0 radical (unpaired) electrons. The van der Waals surface area contributed by atoms with Crippen LogP contribution < -0.4 is 15.4 Å².